The number of piperazine rings is 1. The van der Waals surface area contributed by atoms with Gasteiger partial charge in [-0.3, -0.25) is 0 Å². The van der Waals surface area contributed by atoms with Gasteiger partial charge in [0.2, 0.25) is 0 Å². The van der Waals surface area contributed by atoms with Gasteiger partial charge in [0, 0.05) is 50.2 Å². The van der Waals surface area contributed by atoms with Gasteiger partial charge < -0.3 is 19.9 Å². The van der Waals surface area contributed by atoms with E-state index < -0.39 is 0 Å². The monoisotopic (exact) mass is 391 g/mol. The van der Waals surface area contributed by atoms with Gasteiger partial charge in [0.25, 0.3) is 0 Å². The number of aromatic nitrogens is 2. The lowest BCUT2D eigenvalue weighted by atomic mass is 10.2. The Morgan fingerprint density at radius 2 is 1.72 bits per heavy atom. The summed E-state index contributed by atoms with van der Waals surface area (Å²) in [4.78, 5) is 16.7. The van der Waals surface area contributed by atoms with Crippen LogP contribution in [0.5, 0.6) is 5.75 Å². The molecule has 2 aromatic carbocycles. The molecule has 0 spiro atoms. The molecule has 1 aromatic heterocycles. The first-order valence-corrected chi connectivity index (χ1v) is 9.74. The Hall–Kier alpha value is -3.48. The second kappa shape index (κ2) is 8.68. The number of benzene rings is 2. The van der Waals surface area contributed by atoms with E-state index in [0.29, 0.717) is 19.6 Å². The Bertz CT molecular complexity index is 931. The minimum atomic E-state index is -0.0353. The largest absolute Gasteiger partial charge is 0.497 e. The molecule has 1 fully saturated rings. The van der Waals surface area contributed by atoms with Crippen molar-refractivity contribution in [3.05, 3.63) is 72.6 Å². The Morgan fingerprint density at radius 3 is 2.41 bits per heavy atom. The van der Waals surface area contributed by atoms with Crippen LogP contribution in [0.25, 0.3) is 5.69 Å². The average molecular weight is 391 g/mol. The molecule has 0 atom stereocenters. The van der Waals surface area contributed by atoms with Crippen molar-refractivity contribution in [3.63, 3.8) is 0 Å². The number of carbonyl (C=O) groups is 1. The fraction of sp³-hybridized carbons (Fsp3) is 0.273. The predicted octanol–water partition coefficient (Wildman–Crippen LogP) is 2.91. The lowest BCUT2D eigenvalue weighted by molar-refractivity contribution is 0.194. The Morgan fingerprint density at radius 1 is 1.00 bits per heavy atom. The quantitative estimate of drug-likeness (QED) is 0.726. The summed E-state index contributed by atoms with van der Waals surface area (Å²) < 4.78 is 7.02. The van der Waals surface area contributed by atoms with Crippen LogP contribution in [-0.2, 0) is 6.54 Å². The summed E-state index contributed by atoms with van der Waals surface area (Å²) in [5, 5.41) is 7.37. The predicted molar refractivity (Wildman–Crippen MR) is 113 cm³/mol. The standard InChI is InChI=1S/C22H25N5O2/c1-29-21-9-7-19(8-10-21)25-11-13-26(14-12-25)22(28)23-15-18-16-24-27(17-18)20-5-3-2-4-6-20/h2-10,16-17H,11-15H2,1H3,(H,23,28). The topological polar surface area (TPSA) is 62.6 Å². The molecular weight excluding hydrogens is 366 g/mol. The summed E-state index contributed by atoms with van der Waals surface area (Å²) >= 11 is 0. The zero-order valence-corrected chi connectivity index (χ0v) is 16.5. The van der Waals surface area contributed by atoms with Crippen molar-refractivity contribution in [2.45, 2.75) is 6.54 Å². The van der Waals surface area contributed by atoms with Gasteiger partial charge in [0.05, 0.1) is 19.0 Å². The van der Waals surface area contributed by atoms with E-state index in [-0.39, 0.29) is 6.03 Å². The number of carbonyl (C=O) groups excluding carboxylic acids is 1. The first-order chi connectivity index (χ1) is 14.2. The zero-order valence-electron chi connectivity index (χ0n) is 16.5. The number of hydrogen-bond donors (Lipinski definition) is 1. The maximum Gasteiger partial charge on any atom is 0.317 e. The summed E-state index contributed by atoms with van der Waals surface area (Å²) in [5.41, 5.74) is 3.12. The third-order valence-corrected chi connectivity index (χ3v) is 5.10. The highest BCUT2D eigenvalue weighted by Gasteiger charge is 2.21. The molecule has 1 saturated heterocycles. The summed E-state index contributed by atoms with van der Waals surface area (Å²) in [6.45, 7) is 3.48. The van der Waals surface area contributed by atoms with Crippen LogP contribution in [0.1, 0.15) is 5.56 Å². The van der Waals surface area contributed by atoms with Gasteiger partial charge in [0.1, 0.15) is 5.75 Å². The number of urea groups is 1. The number of hydrogen-bond acceptors (Lipinski definition) is 4. The smallest absolute Gasteiger partial charge is 0.317 e. The van der Waals surface area contributed by atoms with E-state index in [4.69, 9.17) is 4.74 Å². The van der Waals surface area contributed by atoms with E-state index in [1.165, 1.54) is 0 Å². The summed E-state index contributed by atoms with van der Waals surface area (Å²) in [6, 6.07) is 17.9. The Kier molecular flexibility index (Phi) is 5.65. The Balaban J connectivity index is 1.26. The van der Waals surface area contributed by atoms with Gasteiger partial charge >= 0.3 is 6.03 Å². The minimum Gasteiger partial charge on any atom is -0.497 e. The van der Waals surface area contributed by atoms with E-state index in [1.54, 1.807) is 13.3 Å². The molecule has 1 aliphatic rings. The maximum atomic E-state index is 12.5. The molecule has 0 unspecified atom stereocenters. The van der Waals surface area contributed by atoms with Crippen molar-refractivity contribution in [1.82, 2.24) is 20.0 Å². The molecule has 1 N–H and O–H groups in total. The van der Waals surface area contributed by atoms with Crippen LogP contribution in [0.3, 0.4) is 0 Å². The number of rotatable bonds is 5. The number of anilines is 1. The normalized spacial score (nSPS) is 14.0. The van der Waals surface area contributed by atoms with Crippen molar-refractivity contribution in [2.24, 2.45) is 0 Å². The number of amides is 2. The fourth-order valence-electron chi connectivity index (χ4n) is 3.42. The summed E-state index contributed by atoms with van der Waals surface area (Å²) in [7, 11) is 1.67. The molecule has 150 valence electrons. The zero-order chi connectivity index (χ0) is 20.1. The number of nitrogens with zero attached hydrogens (tertiary/aromatic N) is 4. The molecule has 7 heteroatoms. The van der Waals surface area contributed by atoms with Gasteiger partial charge in [-0.15, -0.1) is 0 Å². The third-order valence-electron chi connectivity index (χ3n) is 5.10. The van der Waals surface area contributed by atoms with Gasteiger partial charge in [-0.1, -0.05) is 18.2 Å². The van der Waals surface area contributed by atoms with Gasteiger partial charge in [-0.25, -0.2) is 9.48 Å². The molecule has 4 rings (SSSR count). The number of para-hydroxylation sites is 1. The van der Waals surface area contributed by atoms with Crippen LogP contribution in [0.2, 0.25) is 0 Å². The number of ether oxygens (including phenoxy) is 1. The lowest BCUT2D eigenvalue weighted by Gasteiger charge is -2.36. The first kappa shape index (κ1) is 18.9. The summed E-state index contributed by atoms with van der Waals surface area (Å²) in [6.07, 6.45) is 3.73. The van der Waals surface area contributed by atoms with E-state index >= 15 is 0 Å². The van der Waals surface area contributed by atoms with Crippen molar-refractivity contribution in [1.29, 1.82) is 0 Å². The van der Waals surface area contributed by atoms with Crippen LogP contribution >= 0.6 is 0 Å². The molecule has 7 nitrogen and oxygen atoms in total. The molecule has 0 radical (unpaired) electrons. The second-order valence-electron chi connectivity index (χ2n) is 6.96. The SMILES string of the molecule is COc1ccc(N2CCN(C(=O)NCc3cnn(-c4ccccc4)c3)CC2)cc1. The van der Waals surface area contributed by atoms with Crippen molar-refractivity contribution < 1.29 is 9.53 Å². The van der Waals surface area contributed by atoms with Crippen LogP contribution in [-0.4, -0.2) is 54.0 Å². The number of nitrogens with one attached hydrogen (secondary N) is 1. The molecular formula is C22H25N5O2. The van der Waals surface area contributed by atoms with E-state index in [9.17, 15) is 4.79 Å². The van der Waals surface area contributed by atoms with Gasteiger partial charge in [-0.05, 0) is 36.4 Å². The van der Waals surface area contributed by atoms with Crippen LogP contribution in [0.15, 0.2) is 67.0 Å². The second-order valence-corrected chi connectivity index (χ2v) is 6.96. The molecule has 0 saturated carbocycles. The molecule has 2 amide bonds. The lowest BCUT2D eigenvalue weighted by Crippen LogP contribution is -2.51. The molecule has 0 bridgehead atoms. The van der Waals surface area contributed by atoms with E-state index in [1.807, 2.05) is 58.2 Å². The highest BCUT2D eigenvalue weighted by Crippen LogP contribution is 2.20. The van der Waals surface area contributed by atoms with Gasteiger partial charge in [-0.2, -0.15) is 5.10 Å². The van der Waals surface area contributed by atoms with Crippen LogP contribution < -0.4 is 15.0 Å². The Labute approximate surface area is 170 Å². The van der Waals surface area contributed by atoms with Crippen molar-refractivity contribution >= 4 is 11.7 Å². The highest BCUT2D eigenvalue weighted by molar-refractivity contribution is 5.74. The highest BCUT2D eigenvalue weighted by atomic mass is 16.5. The first-order valence-electron chi connectivity index (χ1n) is 9.74. The van der Waals surface area contributed by atoms with Gasteiger partial charge in [0.15, 0.2) is 0 Å². The van der Waals surface area contributed by atoms with Crippen molar-refractivity contribution in [3.8, 4) is 11.4 Å². The maximum absolute atomic E-state index is 12.5. The fourth-order valence-corrected chi connectivity index (χ4v) is 3.42. The minimum absolute atomic E-state index is 0.0353. The summed E-state index contributed by atoms with van der Waals surface area (Å²) in [5.74, 6) is 0.849. The number of methoxy groups -OCH3 is 1. The van der Waals surface area contributed by atoms with Crippen molar-refractivity contribution in [2.75, 3.05) is 38.2 Å². The molecule has 3 aromatic rings. The van der Waals surface area contributed by atoms with E-state index in [2.05, 4.69) is 27.4 Å². The third kappa shape index (κ3) is 4.51. The molecule has 1 aliphatic heterocycles. The molecule has 0 aliphatic carbocycles. The van der Waals surface area contributed by atoms with Crippen LogP contribution in [0, 0.1) is 0 Å². The van der Waals surface area contributed by atoms with E-state index in [0.717, 1.165) is 35.8 Å². The average Bonchev–Trinajstić information content (AvgIpc) is 3.27. The van der Waals surface area contributed by atoms with Crippen LogP contribution in [0.4, 0.5) is 10.5 Å². The molecule has 2 heterocycles. The molecule has 29 heavy (non-hydrogen) atoms.